The fraction of sp³-hybridized carbons (Fsp3) is 0.455. The second-order valence-electron chi connectivity index (χ2n) is 6.44. The molecule has 2 rings (SSSR count). The number of nitrogens with one attached hydrogen (secondary N) is 1. The van der Waals surface area contributed by atoms with Gasteiger partial charge in [-0.05, 0) is 56.1 Å². The van der Waals surface area contributed by atoms with E-state index in [2.05, 4.69) is 53.8 Å². The fourth-order valence-electron chi connectivity index (χ4n) is 2.93. The van der Waals surface area contributed by atoms with Crippen molar-refractivity contribution in [1.82, 2.24) is 5.32 Å². The molecule has 25 heavy (non-hydrogen) atoms. The summed E-state index contributed by atoms with van der Waals surface area (Å²) in [5, 5.41) is 12.0. The van der Waals surface area contributed by atoms with Gasteiger partial charge in [-0.3, -0.25) is 0 Å². The molecule has 0 saturated carbocycles. The van der Waals surface area contributed by atoms with Crippen LogP contribution < -0.4 is 10.1 Å². The monoisotopic (exact) mass is 341 g/mol. The zero-order chi connectivity index (χ0) is 17.7. The smallest absolute Gasteiger partial charge is 0.125 e. The van der Waals surface area contributed by atoms with Crippen LogP contribution in [0, 0.1) is 0 Å². The minimum Gasteiger partial charge on any atom is -0.486 e. The highest BCUT2D eigenvalue weighted by atomic mass is 16.5. The van der Waals surface area contributed by atoms with Crippen LogP contribution in [-0.4, -0.2) is 25.3 Å². The lowest BCUT2D eigenvalue weighted by Gasteiger charge is -2.20. The van der Waals surface area contributed by atoms with E-state index >= 15 is 0 Å². The standard InChI is InChI=1S/C22H31NO2/c1-23-17-16-22(20-10-6-4-7-11-20)25-21-14-12-19(13-15-21)9-5-2-3-8-18-24/h4,6-7,10-15,22-24H,2-3,5,8-9,16-18H2,1H3. The molecule has 0 spiro atoms. The summed E-state index contributed by atoms with van der Waals surface area (Å²) in [6.45, 7) is 1.23. The van der Waals surface area contributed by atoms with Crippen LogP contribution in [0.25, 0.3) is 0 Å². The molecule has 1 atom stereocenters. The van der Waals surface area contributed by atoms with Gasteiger partial charge in [0.1, 0.15) is 11.9 Å². The molecule has 136 valence electrons. The van der Waals surface area contributed by atoms with Gasteiger partial charge in [0.05, 0.1) is 0 Å². The van der Waals surface area contributed by atoms with Crippen LogP contribution in [0.3, 0.4) is 0 Å². The van der Waals surface area contributed by atoms with Gasteiger partial charge in [0, 0.05) is 13.0 Å². The third kappa shape index (κ3) is 7.29. The van der Waals surface area contributed by atoms with E-state index in [0.29, 0.717) is 6.61 Å². The van der Waals surface area contributed by atoms with E-state index in [1.165, 1.54) is 24.0 Å². The van der Waals surface area contributed by atoms with E-state index in [0.717, 1.165) is 38.0 Å². The third-order valence-corrected chi connectivity index (χ3v) is 4.40. The quantitative estimate of drug-likeness (QED) is 0.558. The van der Waals surface area contributed by atoms with E-state index < -0.39 is 0 Å². The molecule has 0 bridgehead atoms. The molecular formula is C22H31NO2. The first-order valence-electron chi connectivity index (χ1n) is 9.39. The van der Waals surface area contributed by atoms with Gasteiger partial charge in [0.2, 0.25) is 0 Å². The maximum Gasteiger partial charge on any atom is 0.125 e. The molecule has 2 aromatic rings. The van der Waals surface area contributed by atoms with E-state index in [1.807, 2.05) is 13.1 Å². The lowest BCUT2D eigenvalue weighted by molar-refractivity contribution is 0.195. The molecule has 0 saturated heterocycles. The van der Waals surface area contributed by atoms with E-state index in [1.54, 1.807) is 0 Å². The lowest BCUT2D eigenvalue weighted by atomic mass is 10.1. The van der Waals surface area contributed by atoms with Crippen molar-refractivity contribution in [1.29, 1.82) is 0 Å². The molecule has 0 aliphatic carbocycles. The van der Waals surface area contributed by atoms with Crippen molar-refractivity contribution in [2.45, 2.75) is 44.6 Å². The number of hydrogen-bond acceptors (Lipinski definition) is 3. The summed E-state index contributed by atoms with van der Waals surface area (Å²) in [7, 11) is 1.97. The average molecular weight is 341 g/mol. The summed E-state index contributed by atoms with van der Waals surface area (Å²) >= 11 is 0. The molecule has 0 aliphatic heterocycles. The van der Waals surface area contributed by atoms with Crippen LogP contribution in [0.4, 0.5) is 0 Å². The zero-order valence-electron chi connectivity index (χ0n) is 15.3. The van der Waals surface area contributed by atoms with Crippen molar-refractivity contribution in [3.05, 3.63) is 65.7 Å². The van der Waals surface area contributed by atoms with Crippen molar-refractivity contribution in [3.8, 4) is 5.75 Å². The van der Waals surface area contributed by atoms with Crippen LogP contribution >= 0.6 is 0 Å². The second-order valence-corrected chi connectivity index (χ2v) is 6.44. The van der Waals surface area contributed by atoms with E-state index in [-0.39, 0.29) is 6.10 Å². The molecule has 0 aromatic heterocycles. The summed E-state index contributed by atoms with van der Waals surface area (Å²) in [4.78, 5) is 0. The summed E-state index contributed by atoms with van der Waals surface area (Å²) in [5.41, 5.74) is 2.56. The Morgan fingerprint density at radius 2 is 1.64 bits per heavy atom. The van der Waals surface area contributed by atoms with E-state index in [4.69, 9.17) is 9.84 Å². The minimum absolute atomic E-state index is 0.0676. The van der Waals surface area contributed by atoms with Gasteiger partial charge in [0.15, 0.2) is 0 Å². The first-order valence-corrected chi connectivity index (χ1v) is 9.39. The van der Waals surface area contributed by atoms with Crippen molar-refractivity contribution in [2.24, 2.45) is 0 Å². The lowest BCUT2D eigenvalue weighted by Crippen LogP contribution is -2.16. The molecule has 0 radical (unpaired) electrons. The molecule has 1 unspecified atom stereocenters. The molecule has 0 heterocycles. The molecular weight excluding hydrogens is 310 g/mol. The van der Waals surface area contributed by atoms with Crippen molar-refractivity contribution in [2.75, 3.05) is 20.2 Å². The average Bonchev–Trinajstić information content (AvgIpc) is 2.67. The number of ether oxygens (including phenoxy) is 1. The zero-order valence-corrected chi connectivity index (χ0v) is 15.3. The maximum atomic E-state index is 8.80. The van der Waals surface area contributed by atoms with Gasteiger partial charge in [-0.2, -0.15) is 0 Å². The maximum absolute atomic E-state index is 8.80. The molecule has 2 N–H and O–H groups in total. The number of benzene rings is 2. The number of aliphatic hydroxyl groups excluding tert-OH is 1. The largest absolute Gasteiger partial charge is 0.486 e. The van der Waals surface area contributed by atoms with Gasteiger partial charge in [-0.25, -0.2) is 0 Å². The SMILES string of the molecule is CNCCC(Oc1ccc(CCCCCCO)cc1)c1ccccc1. The normalized spacial score (nSPS) is 12.1. The van der Waals surface area contributed by atoms with Gasteiger partial charge in [0.25, 0.3) is 0 Å². The summed E-state index contributed by atoms with van der Waals surface area (Å²) in [5.74, 6) is 0.925. The Morgan fingerprint density at radius 3 is 2.32 bits per heavy atom. The predicted octanol–water partition coefficient (Wildman–Crippen LogP) is 4.51. The van der Waals surface area contributed by atoms with Crippen LogP contribution in [0.15, 0.2) is 54.6 Å². The number of aliphatic hydroxyl groups is 1. The van der Waals surface area contributed by atoms with Crippen LogP contribution in [0.5, 0.6) is 5.75 Å². The predicted molar refractivity (Wildman–Crippen MR) is 104 cm³/mol. The highest BCUT2D eigenvalue weighted by Crippen LogP contribution is 2.25. The van der Waals surface area contributed by atoms with Crippen LogP contribution in [-0.2, 0) is 6.42 Å². The molecule has 3 nitrogen and oxygen atoms in total. The highest BCUT2D eigenvalue weighted by Gasteiger charge is 2.12. The molecule has 0 aliphatic rings. The van der Waals surface area contributed by atoms with Crippen LogP contribution in [0.1, 0.15) is 49.3 Å². The molecule has 2 aromatic carbocycles. The first kappa shape index (κ1) is 19.5. The number of aryl methyl sites for hydroxylation is 1. The van der Waals surface area contributed by atoms with Gasteiger partial charge in [-0.1, -0.05) is 55.3 Å². The topological polar surface area (TPSA) is 41.5 Å². The molecule has 0 fully saturated rings. The van der Waals surface area contributed by atoms with Gasteiger partial charge < -0.3 is 15.2 Å². The Labute approximate surface area is 152 Å². The van der Waals surface area contributed by atoms with E-state index in [9.17, 15) is 0 Å². The Hall–Kier alpha value is -1.84. The number of rotatable bonds is 12. The van der Waals surface area contributed by atoms with Crippen LogP contribution in [0.2, 0.25) is 0 Å². The Bertz CT molecular complexity index is 568. The van der Waals surface area contributed by atoms with Gasteiger partial charge >= 0.3 is 0 Å². The van der Waals surface area contributed by atoms with Gasteiger partial charge in [-0.15, -0.1) is 0 Å². The minimum atomic E-state index is 0.0676. The summed E-state index contributed by atoms with van der Waals surface area (Å²) in [6, 6.07) is 18.9. The highest BCUT2D eigenvalue weighted by molar-refractivity contribution is 5.29. The first-order chi connectivity index (χ1) is 12.3. The Kier molecular flexibility index (Phi) is 9.09. The summed E-state index contributed by atoms with van der Waals surface area (Å²) < 4.78 is 6.25. The second kappa shape index (κ2) is 11.7. The molecule has 0 amide bonds. The number of unbranched alkanes of at least 4 members (excludes halogenated alkanes) is 3. The summed E-state index contributed by atoms with van der Waals surface area (Å²) in [6.07, 6.45) is 6.48. The Morgan fingerprint density at radius 1 is 0.920 bits per heavy atom. The number of hydrogen-bond donors (Lipinski definition) is 2. The van der Waals surface area contributed by atoms with Crippen molar-refractivity contribution >= 4 is 0 Å². The Balaban J connectivity index is 1.88. The fourth-order valence-corrected chi connectivity index (χ4v) is 2.93. The van der Waals surface area contributed by atoms with Crippen molar-refractivity contribution in [3.63, 3.8) is 0 Å². The molecule has 3 heteroatoms. The third-order valence-electron chi connectivity index (χ3n) is 4.40. The van der Waals surface area contributed by atoms with Crippen molar-refractivity contribution < 1.29 is 9.84 Å².